The van der Waals surface area contributed by atoms with E-state index in [1.807, 2.05) is 13.0 Å². The Balaban J connectivity index is 1.63. The van der Waals surface area contributed by atoms with Crippen LogP contribution in [0.4, 0.5) is 10.1 Å². The first kappa shape index (κ1) is 20.1. The average molecular weight is 384 g/mol. The first-order chi connectivity index (χ1) is 13.6. The number of anilines is 1. The molecule has 1 atom stereocenters. The number of rotatable bonds is 5. The highest BCUT2D eigenvalue weighted by molar-refractivity contribution is 5.80. The molecule has 150 valence electrons. The zero-order valence-electron chi connectivity index (χ0n) is 16.8. The molecule has 1 saturated heterocycles. The second-order valence-electron chi connectivity index (χ2n) is 7.03. The Morgan fingerprint density at radius 3 is 2.68 bits per heavy atom. The van der Waals surface area contributed by atoms with E-state index in [1.54, 1.807) is 26.1 Å². The van der Waals surface area contributed by atoms with Crippen LogP contribution < -0.4 is 15.5 Å². The normalized spacial score (nSPS) is 16.0. The minimum atomic E-state index is -0.187. The highest BCUT2D eigenvalue weighted by Crippen LogP contribution is 2.21. The zero-order chi connectivity index (χ0) is 19.9. The molecule has 1 fully saturated rings. The topological polar surface area (TPSA) is 48.9 Å². The smallest absolute Gasteiger partial charge is 0.191 e. The van der Waals surface area contributed by atoms with Gasteiger partial charge in [0.1, 0.15) is 5.82 Å². The lowest BCUT2D eigenvalue weighted by Crippen LogP contribution is -2.39. The Morgan fingerprint density at radius 1 is 1.21 bits per heavy atom. The van der Waals surface area contributed by atoms with E-state index in [-0.39, 0.29) is 11.9 Å². The van der Waals surface area contributed by atoms with Crippen molar-refractivity contribution >= 4 is 11.6 Å². The van der Waals surface area contributed by atoms with E-state index in [4.69, 9.17) is 4.74 Å². The molecule has 0 bridgehead atoms. The molecule has 0 aliphatic carbocycles. The van der Waals surface area contributed by atoms with Crippen molar-refractivity contribution in [1.29, 1.82) is 0 Å². The molecule has 0 aromatic heterocycles. The van der Waals surface area contributed by atoms with E-state index in [0.29, 0.717) is 18.1 Å². The van der Waals surface area contributed by atoms with Crippen molar-refractivity contribution in [3.8, 4) is 0 Å². The summed E-state index contributed by atoms with van der Waals surface area (Å²) in [7, 11) is 1.74. The van der Waals surface area contributed by atoms with Crippen LogP contribution in [0.3, 0.4) is 0 Å². The van der Waals surface area contributed by atoms with Gasteiger partial charge < -0.3 is 20.3 Å². The van der Waals surface area contributed by atoms with Gasteiger partial charge in [0, 0.05) is 32.4 Å². The number of ether oxygens (including phenoxy) is 1. The van der Waals surface area contributed by atoms with Crippen molar-refractivity contribution < 1.29 is 9.13 Å². The van der Waals surface area contributed by atoms with Crippen molar-refractivity contribution in [2.75, 3.05) is 38.3 Å². The molecule has 2 aromatic rings. The molecular formula is C22H29FN4O. The second-order valence-corrected chi connectivity index (χ2v) is 7.03. The number of hydrogen-bond donors (Lipinski definition) is 2. The molecule has 1 unspecified atom stereocenters. The lowest BCUT2D eigenvalue weighted by Gasteiger charge is -2.30. The summed E-state index contributed by atoms with van der Waals surface area (Å²) in [6, 6.07) is 13.7. The van der Waals surface area contributed by atoms with Crippen molar-refractivity contribution in [2.24, 2.45) is 4.99 Å². The number of hydrogen-bond acceptors (Lipinski definition) is 3. The van der Waals surface area contributed by atoms with Crippen LogP contribution in [0.25, 0.3) is 0 Å². The molecule has 0 spiro atoms. The molecule has 0 radical (unpaired) electrons. The molecule has 0 amide bonds. The fraction of sp³-hybridized carbons (Fsp3) is 0.409. The lowest BCUT2D eigenvalue weighted by atomic mass is 10.1. The third-order valence-electron chi connectivity index (χ3n) is 5.06. The maximum atomic E-state index is 13.9. The number of para-hydroxylation sites is 1. The molecule has 1 aliphatic rings. The minimum absolute atomic E-state index is 0.0595. The van der Waals surface area contributed by atoms with Crippen molar-refractivity contribution in [2.45, 2.75) is 26.4 Å². The monoisotopic (exact) mass is 384 g/mol. The van der Waals surface area contributed by atoms with E-state index in [2.05, 4.69) is 44.8 Å². The maximum Gasteiger partial charge on any atom is 0.191 e. The molecule has 6 heteroatoms. The molecule has 2 aromatic carbocycles. The SMILES string of the molecule is CN=C(NCc1ccccc1N1CCOCC1)NC(C)c1ccc(C)c(F)c1. The zero-order valence-corrected chi connectivity index (χ0v) is 16.8. The summed E-state index contributed by atoms with van der Waals surface area (Å²) in [6.07, 6.45) is 0. The summed E-state index contributed by atoms with van der Waals surface area (Å²) >= 11 is 0. The Kier molecular flexibility index (Phi) is 6.87. The number of morpholine rings is 1. The van der Waals surface area contributed by atoms with Gasteiger partial charge in [0.2, 0.25) is 0 Å². The first-order valence-electron chi connectivity index (χ1n) is 9.72. The standard InChI is InChI=1S/C22H29FN4O/c1-16-8-9-18(14-20(16)23)17(2)26-22(24-3)25-15-19-6-4-5-7-21(19)27-10-12-28-13-11-27/h4-9,14,17H,10-13,15H2,1-3H3,(H2,24,25,26). The van der Waals surface area contributed by atoms with Crippen LogP contribution in [0.2, 0.25) is 0 Å². The number of benzene rings is 2. The molecule has 1 aliphatic heterocycles. The Hall–Kier alpha value is -2.60. The van der Waals surface area contributed by atoms with Crippen LogP contribution in [0, 0.1) is 12.7 Å². The fourth-order valence-electron chi connectivity index (χ4n) is 3.31. The predicted molar refractivity (Wildman–Crippen MR) is 112 cm³/mol. The van der Waals surface area contributed by atoms with E-state index in [1.165, 1.54) is 11.3 Å². The van der Waals surface area contributed by atoms with Crippen LogP contribution in [0.1, 0.15) is 29.7 Å². The fourth-order valence-corrected chi connectivity index (χ4v) is 3.31. The van der Waals surface area contributed by atoms with Crippen LogP contribution in [-0.4, -0.2) is 39.3 Å². The minimum Gasteiger partial charge on any atom is -0.378 e. The first-order valence-corrected chi connectivity index (χ1v) is 9.72. The lowest BCUT2D eigenvalue weighted by molar-refractivity contribution is 0.122. The van der Waals surface area contributed by atoms with Gasteiger partial charge in [0.15, 0.2) is 5.96 Å². The van der Waals surface area contributed by atoms with Crippen LogP contribution in [0.5, 0.6) is 0 Å². The molecule has 2 N–H and O–H groups in total. The third-order valence-corrected chi connectivity index (χ3v) is 5.06. The van der Waals surface area contributed by atoms with Gasteiger partial charge in [-0.2, -0.15) is 0 Å². The van der Waals surface area contributed by atoms with Gasteiger partial charge in [-0.1, -0.05) is 30.3 Å². The van der Waals surface area contributed by atoms with Crippen LogP contribution in [0.15, 0.2) is 47.5 Å². The highest BCUT2D eigenvalue weighted by Gasteiger charge is 2.15. The van der Waals surface area contributed by atoms with Crippen LogP contribution >= 0.6 is 0 Å². The number of guanidine groups is 1. The number of nitrogens with zero attached hydrogens (tertiary/aromatic N) is 2. The number of nitrogens with one attached hydrogen (secondary N) is 2. The summed E-state index contributed by atoms with van der Waals surface area (Å²) in [5, 5.41) is 6.72. The number of halogens is 1. The van der Waals surface area contributed by atoms with Gasteiger partial charge in [-0.05, 0) is 42.7 Å². The van der Waals surface area contributed by atoms with Gasteiger partial charge in [-0.15, -0.1) is 0 Å². The molecule has 3 rings (SSSR count). The maximum absolute atomic E-state index is 13.9. The van der Waals surface area contributed by atoms with E-state index < -0.39 is 0 Å². The molecule has 0 saturated carbocycles. The summed E-state index contributed by atoms with van der Waals surface area (Å²) in [5.74, 6) is 0.499. The van der Waals surface area contributed by atoms with Gasteiger partial charge in [0.25, 0.3) is 0 Å². The second kappa shape index (κ2) is 9.55. The average Bonchev–Trinajstić information content (AvgIpc) is 2.73. The largest absolute Gasteiger partial charge is 0.378 e. The van der Waals surface area contributed by atoms with Gasteiger partial charge >= 0.3 is 0 Å². The van der Waals surface area contributed by atoms with Gasteiger partial charge in [-0.3, -0.25) is 4.99 Å². The summed E-state index contributed by atoms with van der Waals surface area (Å²) in [5.41, 5.74) is 3.97. The Bertz CT molecular complexity index is 818. The molecule has 1 heterocycles. The Labute approximate surface area is 166 Å². The van der Waals surface area contributed by atoms with Crippen molar-refractivity contribution in [3.05, 3.63) is 65.0 Å². The van der Waals surface area contributed by atoms with E-state index in [0.717, 1.165) is 31.9 Å². The van der Waals surface area contributed by atoms with Gasteiger partial charge in [0.05, 0.1) is 19.3 Å². The van der Waals surface area contributed by atoms with Crippen LogP contribution in [-0.2, 0) is 11.3 Å². The van der Waals surface area contributed by atoms with E-state index >= 15 is 0 Å². The summed E-state index contributed by atoms with van der Waals surface area (Å²) < 4.78 is 19.3. The summed E-state index contributed by atoms with van der Waals surface area (Å²) in [4.78, 5) is 6.67. The Morgan fingerprint density at radius 2 is 1.96 bits per heavy atom. The number of aryl methyl sites for hydroxylation is 1. The number of aliphatic imine (C=N–C) groups is 1. The third kappa shape index (κ3) is 5.01. The van der Waals surface area contributed by atoms with Gasteiger partial charge in [-0.25, -0.2) is 4.39 Å². The highest BCUT2D eigenvalue weighted by atomic mass is 19.1. The summed E-state index contributed by atoms with van der Waals surface area (Å²) in [6.45, 7) is 7.75. The van der Waals surface area contributed by atoms with Crippen molar-refractivity contribution in [1.82, 2.24) is 10.6 Å². The molecule has 28 heavy (non-hydrogen) atoms. The van der Waals surface area contributed by atoms with Crippen molar-refractivity contribution in [3.63, 3.8) is 0 Å². The molecular weight excluding hydrogens is 355 g/mol. The molecule has 5 nitrogen and oxygen atoms in total. The van der Waals surface area contributed by atoms with E-state index in [9.17, 15) is 4.39 Å². The quantitative estimate of drug-likeness (QED) is 0.613. The predicted octanol–water partition coefficient (Wildman–Crippen LogP) is 3.40.